The van der Waals surface area contributed by atoms with E-state index < -0.39 is 23.4 Å². The summed E-state index contributed by atoms with van der Waals surface area (Å²) in [5.41, 5.74) is 3.09. The van der Waals surface area contributed by atoms with Gasteiger partial charge in [-0.1, -0.05) is 35.9 Å². The Labute approximate surface area is 245 Å². The maximum atomic E-state index is 15.4. The molecule has 1 heterocycles. The van der Waals surface area contributed by atoms with Gasteiger partial charge in [-0.15, -0.1) is 0 Å². The summed E-state index contributed by atoms with van der Waals surface area (Å²) in [5, 5.41) is 9.69. The number of carbonyl (C=O) groups is 1. The van der Waals surface area contributed by atoms with Crippen molar-refractivity contribution >= 4 is 28.6 Å². The van der Waals surface area contributed by atoms with Gasteiger partial charge < -0.3 is 19.3 Å². The zero-order valence-corrected chi connectivity index (χ0v) is 23.6. The van der Waals surface area contributed by atoms with Crippen molar-refractivity contribution in [2.24, 2.45) is 0 Å². The molecular formula is C32H27ClF3N3O3. The minimum atomic E-state index is -1.04. The van der Waals surface area contributed by atoms with E-state index in [0.717, 1.165) is 6.07 Å². The SMILES string of the molecule is CN(C)CCn1c(Cc2ccc(-c3ccc(F)c(OCc4ccc(Cl)cc4F)c3)cc2F)nc2ccc(C(=O)O)cc21. The molecule has 0 amide bonds. The van der Waals surface area contributed by atoms with Gasteiger partial charge in [0.05, 0.1) is 16.6 Å². The molecule has 0 aliphatic carbocycles. The van der Waals surface area contributed by atoms with E-state index in [-0.39, 0.29) is 34.9 Å². The first-order valence-corrected chi connectivity index (χ1v) is 13.5. The van der Waals surface area contributed by atoms with Crippen LogP contribution in [0.15, 0.2) is 72.8 Å². The molecule has 42 heavy (non-hydrogen) atoms. The first-order valence-electron chi connectivity index (χ1n) is 13.1. The van der Waals surface area contributed by atoms with Gasteiger partial charge in [0, 0.05) is 30.1 Å². The smallest absolute Gasteiger partial charge is 0.335 e. The van der Waals surface area contributed by atoms with Gasteiger partial charge in [0.15, 0.2) is 11.6 Å². The Hall–Kier alpha value is -4.34. The minimum absolute atomic E-state index is 0.0957. The maximum absolute atomic E-state index is 15.4. The van der Waals surface area contributed by atoms with Crippen molar-refractivity contribution in [2.45, 2.75) is 19.6 Å². The summed E-state index contributed by atoms with van der Waals surface area (Å²) in [6, 6.07) is 17.8. The Morgan fingerprint density at radius 1 is 0.905 bits per heavy atom. The van der Waals surface area contributed by atoms with E-state index in [1.54, 1.807) is 24.3 Å². The number of carboxylic acid groups (broad SMARTS) is 1. The molecular weight excluding hydrogens is 567 g/mol. The molecule has 6 nitrogen and oxygen atoms in total. The van der Waals surface area contributed by atoms with Gasteiger partial charge in [-0.05, 0) is 79.3 Å². The van der Waals surface area contributed by atoms with Crippen LogP contribution in [0.4, 0.5) is 13.2 Å². The predicted octanol–water partition coefficient (Wildman–Crippen LogP) is 7.20. The van der Waals surface area contributed by atoms with E-state index in [0.29, 0.717) is 46.6 Å². The average Bonchev–Trinajstić information content (AvgIpc) is 3.29. The quantitative estimate of drug-likeness (QED) is 0.185. The van der Waals surface area contributed by atoms with E-state index in [4.69, 9.17) is 16.3 Å². The Morgan fingerprint density at radius 3 is 2.33 bits per heavy atom. The number of aromatic nitrogens is 2. The van der Waals surface area contributed by atoms with E-state index >= 15 is 4.39 Å². The van der Waals surface area contributed by atoms with Crippen molar-refractivity contribution < 1.29 is 27.8 Å². The van der Waals surface area contributed by atoms with Gasteiger partial charge in [-0.3, -0.25) is 0 Å². The second-order valence-corrected chi connectivity index (χ2v) is 10.6. The third-order valence-corrected chi connectivity index (χ3v) is 7.14. The Balaban J connectivity index is 1.40. The van der Waals surface area contributed by atoms with Crippen molar-refractivity contribution in [1.29, 1.82) is 0 Å². The van der Waals surface area contributed by atoms with Crippen LogP contribution in [-0.2, 0) is 19.6 Å². The number of ether oxygens (including phenoxy) is 1. The molecule has 0 saturated heterocycles. The topological polar surface area (TPSA) is 67.6 Å². The maximum Gasteiger partial charge on any atom is 0.335 e. The van der Waals surface area contributed by atoms with E-state index in [1.165, 1.54) is 42.5 Å². The van der Waals surface area contributed by atoms with Crippen molar-refractivity contribution in [3.8, 4) is 16.9 Å². The lowest BCUT2D eigenvalue weighted by atomic mass is 10.0. The van der Waals surface area contributed by atoms with E-state index in [1.807, 2.05) is 23.6 Å². The highest BCUT2D eigenvalue weighted by Gasteiger charge is 2.17. The summed E-state index contributed by atoms with van der Waals surface area (Å²) >= 11 is 5.79. The molecule has 1 aromatic heterocycles. The summed E-state index contributed by atoms with van der Waals surface area (Å²) < 4.78 is 51.5. The third-order valence-electron chi connectivity index (χ3n) is 6.91. The molecule has 5 aromatic rings. The van der Waals surface area contributed by atoms with Gasteiger partial charge in [0.2, 0.25) is 0 Å². The van der Waals surface area contributed by atoms with Gasteiger partial charge in [-0.2, -0.15) is 0 Å². The van der Waals surface area contributed by atoms with Crippen LogP contribution in [-0.4, -0.2) is 46.2 Å². The predicted molar refractivity (Wildman–Crippen MR) is 156 cm³/mol. The number of rotatable bonds is 10. The number of nitrogens with zero attached hydrogens (tertiary/aromatic N) is 3. The number of hydrogen-bond donors (Lipinski definition) is 1. The van der Waals surface area contributed by atoms with Crippen molar-refractivity contribution in [1.82, 2.24) is 14.5 Å². The summed E-state index contributed by atoms with van der Waals surface area (Å²) in [6.07, 6.45) is 0.182. The lowest BCUT2D eigenvalue weighted by Crippen LogP contribution is -2.19. The van der Waals surface area contributed by atoms with E-state index in [2.05, 4.69) is 4.98 Å². The van der Waals surface area contributed by atoms with Crippen LogP contribution in [0.2, 0.25) is 5.02 Å². The van der Waals surface area contributed by atoms with Crippen molar-refractivity contribution in [3.05, 3.63) is 118 Å². The Kier molecular flexibility index (Phi) is 8.51. The van der Waals surface area contributed by atoms with Crippen LogP contribution >= 0.6 is 11.6 Å². The second kappa shape index (κ2) is 12.3. The Morgan fingerprint density at radius 2 is 1.62 bits per heavy atom. The number of imidazole rings is 1. The van der Waals surface area contributed by atoms with Crippen LogP contribution < -0.4 is 4.74 Å². The largest absolute Gasteiger partial charge is 0.486 e. The third kappa shape index (κ3) is 6.42. The standard InChI is InChI=1S/C32H27ClF3N3O3/c1-38(2)11-12-39-29-14-22(32(40)41)7-10-28(29)37-31(39)16-21-4-3-19(13-26(21)35)20-6-9-25(34)30(15-20)42-18-23-5-8-24(33)17-27(23)36/h3-10,13-15,17H,11-12,16,18H2,1-2H3,(H,40,41). The van der Waals surface area contributed by atoms with Gasteiger partial charge >= 0.3 is 5.97 Å². The summed E-state index contributed by atoms with van der Waals surface area (Å²) in [6.45, 7) is 1.01. The number of aromatic carboxylic acids is 1. The molecule has 0 radical (unpaired) electrons. The first kappa shape index (κ1) is 29.2. The number of halogens is 4. The lowest BCUT2D eigenvalue weighted by Gasteiger charge is -2.14. The average molecular weight is 594 g/mol. The number of carboxylic acids is 1. The molecule has 0 bridgehead atoms. The molecule has 0 unspecified atom stereocenters. The van der Waals surface area contributed by atoms with Crippen LogP contribution in [0.3, 0.4) is 0 Å². The summed E-state index contributed by atoms with van der Waals surface area (Å²) in [4.78, 5) is 18.2. The molecule has 10 heteroatoms. The number of fused-ring (bicyclic) bond motifs is 1. The zero-order chi connectivity index (χ0) is 30.0. The molecule has 0 saturated carbocycles. The first-order chi connectivity index (χ1) is 20.1. The van der Waals surface area contributed by atoms with E-state index in [9.17, 15) is 18.7 Å². The molecule has 0 aliphatic rings. The van der Waals surface area contributed by atoms with Gasteiger partial charge in [-0.25, -0.2) is 22.9 Å². The van der Waals surface area contributed by atoms with Crippen LogP contribution in [0.25, 0.3) is 22.2 Å². The highest BCUT2D eigenvalue weighted by Crippen LogP contribution is 2.30. The number of likely N-dealkylation sites (N-methyl/N-ethyl adjacent to an activating group) is 1. The minimum Gasteiger partial charge on any atom is -0.486 e. The number of benzene rings is 4. The van der Waals surface area contributed by atoms with Gasteiger partial charge in [0.25, 0.3) is 0 Å². The molecule has 216 valence electrons. The normalized spacial score (nSPS) is 11.4. The fourth-order valence-corrected chi connectivity index (χ4v) is 4.78. The molecule has 5 rings (SSSR count). The molecule has 4 aromatic carbocycles. The molecule has 1 N–H and O–H groups in total. The molecule has 0 atom stereocenters. The fourth-order valence-electron chi connectivity index (χ4n) is 4.62. The lowest BCUT2D eigenvalue weighted by molar-refractivity contribution is 0.0697. The van der Waals surface area contributed by atoms with Crippen molar-refractivity contribution in [3.63, 3.8) is 0 Å². The summed E-state index contributed by atoms with van der Waals surface area (Å²) in [7, 11) is 3.86. The summed E-state index contributed by atoms with van der Waals surface area (Å²) in [5.74, 6) is -2.19. The number of hydrogen-bond acceptors (Lipinski definition) is 4. The van der Waals surface area contributed by atoms with Crippen LogP contribution in [0, 0.1) is 17.5 Å². The Bertz CT molecular complexity index is 1790. The zero-order valence-electron chi connectivity index (χ0n) is 22.9. The highest BCUT2D eigenvalue weighted by atomic mass is 35.5. The molecule has 0 fully saturated rings. The van der Waals surface area contributed by atoms with Gasteiger partial charge in [0.1, 0.15) is 24.1 Å². The second-order valence-electron chi connectivity index (χ2n) is 10.1. The monoisotopic (exact) mass is 593 g/mol. The van der Waals surface area contributed by atoms with Crippen LogP contribution in [0.1, 0.15) is 27.3 Å². The van der Waals surface area contributed by atoms with Crippen LogP contribution in [0.5, 0.6) is 5.75 Å². The molecule has 0 spiro atoms. The van der Waals surface area contributed by atoms with Crippen molar-refractivity contribution in [2.75, 3.05) is 20.6 Å². The highest BCUT2D eigenvalue weighted by molar-refractivity contribution is 6.30. The fraction of sp³-hybridized carbons (Fsp3) is 0.188. The molecule has 0 aliphatic heterocycles.